The van der Waals surface area contributed by atoms with Gasteiger partial charge in [-0.2, -0.15) is 0 Å². The molecule has 2 aromatic rings. The van der Waals surface area contributed by atoms with Gasteiger partial charge in [-0.05, 0) is 30.6 Å². The van der Waals surface area contributed by atoms with Crippen molar-refractivity contribution in [2.24, 2.45) is 7.05 Å². The van der Waals surface area contributed by atoms with E-state index in [1.165, 1.54) is 22.2 Å². The quantitative estimate of drug-likeness (QED) is 0.613. The molecule has 5 heteroatoms. The minimum Gasteiger partial charge on any atom is -0.374 e. The third kappa shape index (κ3) is 1.85. The number of aryl methyl sites for hydroxylation is 1. The number of hydrogen-bond acceptors (Lipinski definition) is 4. The molecular formula is C19H22N2OS2. The molecule has 2 atom stereocenters. The van der Waals surface area contributed by atoms with Crippen molar-refractivity contribution in [3.63, 3.8) is 0 Å². The van der Waals surface area contributed by atoms with Gasteiger partial charge in [0.2, 0.25) is 0 Å². The molecule has 1 aliphatic heterocycles. The number of benzene rings is 1. The Morgan fingerprint density at radius 1 is 1.21 bits per heavy atom. The van der Waals surface area contributed by atoms with Gasteiger partial charge in [-0.1, -0.05) is 18.2 Å². The van der Waals surface area contributed by atoms with Gasteiger partial charge < -0.3 is 9.47 Å². The number of carbonyl (C=O) groups is 1. The Labute approximate surface area is 151 Å². The fraction of sp³-hybridized carbons (Fsp3) is 0.421. The van der Waals surface area contributed by atoms with Crippen LogP contribution in [0.2, 0.25) is 0 Å². The average Bonchev–Trinajstić information content (AvgIpc) is 2.92. The van der Waals surface area contributed by atoms with Crippen LogP contribution < -0.4 is 0 Å². The van der Waals surface area contributed by atoms with E-state index in [4.69, 9.17) is 0 Å². The molecule has 0 N–H and O–H groups in total. The van der Waals surface area contributed by atoms with Crippen LogP contribution in [0.25, 0.3) is 10.9 Å². The Kier molecular flexibility index (Phi) is 3.77. The SMILES string of the molecule is CSC1(SC)c2c(c3ccccc3n2C)C2CC1N(C)C=C2C=O. The number of nitrogens with zero attached hydrogens (tertiary/aromatic N) is 2. The average molecular weight is 359 g/mol. The lowest BCUT2D eigenvalue weighted by Crippen LogP contribution is -2.51. The molecule has 0 fully saturated rings. The zero-order valence-corrected chi connectivity index (χ0v) is 16.1. The van der Waals surface area contributed by atoms with Crippen molar-refractivity contribution in [3.05, 3.63) is 47.3 Å². The molecule has 1 aromatic carbocycles. The minimum absolute atomic E-state index is 0.0285. The van der Waals surface area contributed by atoms with Crippen molar-refractivity contribution in [2.75, 3.05) is 19.6 Å². The number of aromatic nitrogens is 1. The second-order valence-corrected chi connectivity index (χ2v) is 8.99. The molecule has 2 unspecified atom stereocenters. The highest BCUT2D eigenvalue weighted by molar-refractivity contribution is 8.17. The van der Waals surface area contributed by atoms with Crippen molar-refractivity contribution in [1.82, 2.24) is 9.47 Å². The third-order valence-electron chi connectivity index (χ3n) is 5.71. The molecule has 0 saturated carbocycles. The maximum absolute atomic E-state index is 11.7. The Bertz CT molecular complexity index is 850. The smallest absolute Gasteiger partial charge is 0.148 e. The first kappa shape index (κ1) is 16.2. The number of rotatable bonds is 3. The molecular weight excluding hydrogens is 336 g/mol. The van der Waals surface area contributed by atoms with Crippen LogP contribution in [0, 0.1) is 0 Å². The molecule has 4 rings (SSSR count). The number of para-hydroxylation sites is 1. The Hall–Kier alpha value is -1.33. The number of hydrogen-bond donors (Lipinski definition) is 0. The van der Waals surface area contributed by atoms with Crippen molar-refractivity contribution in [3.8, 4) is 0 Å². The zero-order valence-electron chi connectivity index (χ0n) is 14.4. The molecule has 2 bridgehead atoms. The zero-order chi connectivity index (χ0) is 17.1. The number of aldehydes is 1. The molecule has 2 heterocycles. The molecule has 0 radical (unpaired) electrons. The second-order valence-electron chi connectivity index (χ2n) is 6.63. The third-order valence-corrected chi connectivity index (χ3v) is 8.86. The maximum atomic E-state index is 11.7. The van der Waals surface area contributed by atoms with E-state index in [2.05, 4.69) is 66.5 Å². The Balaban J connectivity index is 2.13. The maximum Gasteiger partial charge on any atom is 0.148 e. The molecule has 1 aliphatic carbocycles. The van der Waals surface area contributed by atoms with Crippen LogP contribution in [-0.2, 0) is 15.9 Å². The lowest BCUT2D eigenvalue weighted by Gasteiger charge is -2.51. The van der Waals surface area contributed by atoms with Crippen LogP contribution in [0.1, 0.15) is 23.6 Å². The number of likely N-dealkylation sites (N-methyl/N-ethyl adjacent to an activating group) is 1. The van der Waals surface area contributed by atoms with Gasteiger partial charge in [0.25, 0.3) is 0 Å². The summed E-state index contributed by atoms with van der Waals surface area (Å²) in [5, 5.41) is 1.29. The van der Waals surface area contributed by atoms with Gasteiger partial charge in [-0.3, -0.25) is 4.79 Å². The summed E-state index contributed by atoms with van der Waals surface area (Å²) in [7, 11) is 4.28. The van der Waals surface area contributed by atoms with Crippen LogP contribution in [0.5, 0.6) is 0 Å². The summed E-state index contributed by atoms with van der Waals surface area (Å²) in [6.07, 6.45) is 8.55. The molecule has 24 heavy (non-hydrogen) atoms. The molecule has 0 amide bonds. The number of carbonyl (C=O) groups excluding carboxylic acids is 1. The van der Waals surface area contributed by atoms with Crippen LogP contribution in [0.4, 0.5) is 0 Å². The van der Waals surface area contributed by atoms with Crippen LogP contribution in [0.15, 0.2) is 36.0 Å². The van der Waals surface area contributed by atoms with Gasteiger partial charge in [0.1, 0.15) is 10.4 Å². The van der Waals surface area contributed by atoms with E-state index in [1.54, 1.807) is 0 Å². The first-order valence-electron chi connectivity index (χ1n) is 8.16. The normalized spacial score (nSPS) is 24.7. The van der Waals surface area contributed by atoms with Crippen molar-refractivity contribution < 1.29 is 4.79 Å². The lowest BCUT2D eigenvalue weighted by atomic mass is 9.75. The second kappa shape index (κ2) is 5.60. The van der Waals surface area contributed by atoms with E-state index in [0.29, 0.717) is 6.04 Å². The first-order chi connectivity index (χ1) is 11.6. The number of allylic oxidation sites excluding steroid dienone is 1. The highest BCUT2D eigenvalue weighted by Crippen LogP contribution is 2.60. The van der Waals surface area contributed by atoms with Crippen LogP contribution in [-0.4, -0.2) is 41.4 Å². The topological polar surface area (TPSA) is 25.2 Å². The largest absolute Gasteiger partial charge is 0.374 e. The van der Waals surface area contributed by atoms with E-state index >= 15 is 0 Å². The molecule has 0 spiro atoms. The highest BCUT2D eigenvalue weighted by atomic mass is 32.2. The molecule has 3 nitrogen and oxygen atoms in total. The van der Waals surface area contributed by atoms with Crippen LogP contribution in [0.3, 0.4) is 0 Å². The Morgan fingerprint density at radius 3 is 2.58 bits per heavy atom. The minimum atomic E-state index is -0.0285. The predicted molar refractivity (Wildman–Crippen MR) is 105 cm³/mol. The predicted octanol–water partition coefficient (Wildman–Crippen LogP) is 3.94. The fourth-order valence-electron chi connectivity index (χ4n) is 4.66. The van der Waals surface area contributed by atoms with Gasteiger partial charge in [0.15, 0.2) is 0 Å². The van der Waals surface area contributed by atoms with Gasteiger partial charge in [0, 0.05) is 42.7 Å². The lowest BCUT2D eigenvalue weighted by molar-refractivity contribution is -0.105. The summed E-state index contributed by atoms with van der Waals surface area (Å²) < 4.78 is 2.33. The monoisotopic (exact) mass is 358 g/mol. The summed E-state index contributed by atoms with van der Waals surface area (Å²) in [6, 6.07) is 8.99. The van der Waals surface area contributed by atoms with Gasteiger partial charge >= 0.3 is 0 Å². The van der Waals surface area contributed by atoms with Crippen LogP contribution >= 0.6 is 23.5 Å². The van der Waals surface area contributed by atoms with E-state index < -0.39 is 0 Å². The molecule has 1 aromatic heterocycles. The van der Waals surface area contributed by atoms with Crippen molar-refractivity contribution in [2.45, 2.75) is 22.5 Å². The summed E-state index contributed by atoms with van der Waals surface area (Å²) in [5.41, 5.74) is 4.90. The standard InChI is InChI=1S/C19H22N2OS2/c1-20-10-12(11-22)14-9-16(20)19(23-3,24-4)18-17(14)13-7-5-6-8-15(13)21(18)2/h5-8,10-11,14,16H,9H2,1-4H3. The Morgan fingerprint density at radius 2 is 1.92 bits per heavy atom. The van der Waals surface area contributed by atoms with E-state index in [-0.39, 0.29) is 10.00 Å². The van der Waals surface area contributed by atoms with Gasteiger partial charge in [-0.15, -0.1) is 23.5 Å². The molecule has 0 saturated heterocycles. The molecule has 2 aliphatic rings. The first-order valence-corrected chi connectivity index (χ1v) is 10.6. The van der Waals surface area contributed by atoms with Gasteiger partial charge in [0.05, 0.1) is 11.7 Å². The van der Waals surface area contributed by atoms with E-state index in [1.807, 2.05) is 23.5 Å². The van der Waals surface area contributed by atoms with Gasteiger partial charge in [-0.25, -0.2) is 0 Å². The number of fused-ring (bicyclic) bond motifs is 6. The summed E-state index contributed by atoms with van der Waals surface area (Å²) in [4.78, 5) is 14.0. The van der Waals surface area contributed by atoms with Crippen molar-refractivity contribution in [1.29, 1.82) is 0 Å². The molecule has 126 valence electrons. The van der Waals surface area contributed by atoms with E-state index in [9.17, 15) is 4.79 Å². The summed E-state index contributed by atoms with van der Waals surface area (Å²) >= 11 is 3.86. The summed E-state index contributed by atoms with van der Waals surface area (Å²) in [5.74, 6) is 0.206. The summed E-state index contributed by atoms with van der Waals surface area (Å²) in [6.45, 7) is 0. The fourth-order valence-corrected chi connectivity index (χ4v) is 7.28. The number of thioether (sulfide) groups is 2. The van der Waals surface area contributed by atoms with E-state index in [0.717, 1.165) is 18.3 Å². The highest BCUT2D eigenvalue weighted by Gasteiger charge is 2.53. The van der Waals surface area contributed by atoms with Crippen molar-refractivity contribution >= 4 is 40.7 Å².